The van der Waals surface area contributed by atoms with Crippen LogP contribution in [0.4, 0.5) is 5.69 Å². The van der Waals surface area contributed by atoms with Crippen LogP contribution in [0.3, 0.4) is 0 Å². The highest BCUT2D eigenvalue weighted by Crippen LogP contribution is 2.19. The second-order valence-electron chi connectivity index (χ2n) is 4.83. The number of nitrogens with one attached hydrogen (secondary N) is 1. The number of benzene rings is 2. The Balaban J connectivity index is 2.03. The van der Waals surface area contributed by atoms with Gasteiger partial charge in [0.15, 0.2) is 0 Å². The summed E-state index contributed by atoms with van der Waals surface area (Å²) in [6.45, 7) is 4.48. The first-order chi connectivity index (χ1) is 10.1. The maximum atomic E-state index is 12.1. The zero-order chi connectivity index (χ0) is 15.2. The van der Waals surface area contributed by atoms with Crippen LogP contribution in [-0.2, 0) is 0 Å². The van der Waals surface area contributed by atoms with Gasteiger partial charge in [-0.25, -0.2) is 0 Å². The maximum absolute atomic E-state index is 12.1. The van der Waals surface area contributed by atoms with Crippen molar-refractivity contribution in [2.24, 2.45) is 0 Å². The number of carbonyl (C=O) groups excluding carboxylic acids is 1. The van der Waals surface area contributed by atoms with Crippen LogP contribution in [0.1, 0.15) is 29.3 Å². The summed E-state index contributed by atoms with van der Waals surface area (Å²) >= 11 is 0. The fraction of sp³-hybridized carbons (Fsp3) is 0.235. The van der Waals surface area contributed by atoms with Gasteiger partial charge in [0.1, 0.15) is 11.5 Å². The molecule has 0 saturated carbocycles. The van der Waals surface area contributed by atoms with Gasteiger partial charge in [-0.3, -0.25) is 4.79 Å². The molecule has 0 bridgehead atoms. The van der Waals surface area contributed by atoms with Crippen molar-refractivity contribution in [3.05, 3.63) is 53.6 Å². The van der Waals surface area contributed by atoms with E-state index in [1.165, 1.54) is 6.07 Å². The van der Waals surface area contributed by atoms with Crippen molar-refractivity contribution >= 4 is 11.6 Å². The number of phenols is 1. The highest BCUT2D eigenvalue weighted by Gasteiger charge is 2.08. The number of ether oxygens (including phenoxy) is 1. The number of anilines is 1. The van der Waals surface area contributed by atoms with E-state index in [-0.39, 0.29) is 11.7 Å². The molecule has 2 N–H and O–H groups in total. The molecule has 0 spiro atoms. The number of aromatic hydroxyl groups is 1. The highest BCUT2D eigenvalue weighted by atomic mass is 16.5. The molecular formula is C17H19NO3. The van der Waals surface area contributed by atoms with Gasteiger partial charge in [-0.15, -0.1) is 0 Å². The number of hydrogen-bond acceptors (Lipinski definition) is 3. The lowest BCUT2D eigenvalue weighted by Gasteiger charge is -2.08. The number of phenolic OH excluding ortho intramolecular Hbond substituents is 1. The minimum atomic E-state index is -0.208. The van der Waals surface area contributed by atoms with E-state index in [9.17, 15) is 9.90 Å². The minimum Gasteiger partial charge on any atom is -0.508 e. The summed E-state index contributed by atoms with van der Waals surface area (Å²) < 4.78 is 5.49. The van der Waals surface area contributed by atoms with Crippen molar-refractivity contribution in [3.8, 4) is 11.5 Å². The molecule has 0 unspecified atom stereocenters. The van der Waals surface area contributed by atoms with Crippen LogP contribution in [0.25, 0.3) is 0 Å². The monoisotopic (exact) mass is 285 g/mol. The van der Waals surface area contributed by atoms with E-state index in [4.69, 9.17) is 4.74 Å². The van der Waals surface area contributed by atoms with Gasteiger partial charge in [-0.05, 0) is 61.4 Å². The van der Waals surface area contributed by atoms with Crippen LogP contribution in [0.2, 0.25) is 0 Å². The Bertz CT molecular complexity index is 620. The summed E-state index contributed by atoms with van der Waals surface area (Å²) in [5.41, 5.74) is 1.89. The first kappa shape index (κ1) is 14.9. The quantitative estimate of drug-likeness (QED) is 0.879. The molecule has 1 amide bonds. The topological polar surface area (TPSA) is 58.6 Å². The third-order valence-corrected chi connectivity index (χ3v) is 3.04. The van der Waals surface area contributed by atoms with Crippen LogP contribution in [0.5, 0.6) is 11.5 Å². The average Bonchev–Trinajstić information content (AvgIpc) is 2.49. The largest absolute Gasteiger partial charge is 0.508 e. The molecule has 0 fully saturated rings. The summed E-state index contributed by atoms with van der Waals surface area (Å²) in [5, 5.41) is 12.3. The van der Waals surface area contributed by atoms with E-state index < -0.39 is 0 Å². The lowest BCUT2D eigenvalue weighted by Crippen LogP contribution is -2.11. The highest BCUT2D eigenvalue weighted by molar-refractivity contribution is 6.04. The summed E-state index contributed by atoms with van der Waals surface area (Å²) in [6.07, 6.45) is 0.957. The van der Waals surface area contributed by atoms with Crippen LogP contribution in [0.15, 0.2) is 42.5 Å². The van der Waals surface area contributed by atoms with Gasteiger partial charge in [-0.2, -0.15) is 0 Å². The number of rotatable bonds is 5. The van der Waals surface area contributed by atoms with Gasteiger partial charge in [0.2, 0.25) is 0 Å². The molecule has 0 radical (unpaired) electrons. The van der Waals surface area contributed by atoms with E-state index in [2.05, 4.69) is 5.32 Å². The lowest BCUT2D eigenvalue weighted by molar-refractivity contribution is 0.102. The molecule has 2 rings (SSSR count). The Labute approximate surface area is 124 Å². The van der Waals surface area contributed by atoms with Crippen LogP contribution in [0, 0.1) is 6.92 Å². The predicted octanol–water partition coefficient (Wildman–Crippen LogP) is 3.74. The fourth-order valence-electron chi connectivity index (χ4n) is 1.85. The van der Waals surface area contributed by atoms with Crippen molar-refractivity contribution < 1.29 is 14.6 Å². The Morgan fingerprint density at radius 2 is 1.90 bits per heavy atom. The van der Waals surface area contributed by atoms with Gasteiger partial charge in [-0.1, -0.05) is 6.92 Å². The van der Waals surface area contributed by atoms with Gasteiger partial charge >= 0.3 is 0 Å². The van der Waals surface area contributed by atoms with Crippen molar-refractivity contribution in [1.82, 2.24) is 0 Å². The van der Waals surface area contributed by atoms with E-state index in [0.29, 0.717) is 23.4 Å². The van der Waals surface area contributed by atoms with Crippen LogP contribution in [-0.4, -0.2) is 17.6 Å². The molecule has 21 heavy (non-hydrogen) atoms. The molecule has 2 aromatic carbocycles. The van der Waals surface area contributed by atoms with E-state index in [1.807, 2.05) is 19.1 Å². The van der Waals surface area contributed by atoms with Crippen LogP contribution >= 0.6 is 0 Å². The average molecular weight is 285 g/mol. The standard InChI is InChI=1S/C17H19NO3/c1-3-10-21-15-7-5-14(6-8-15)18-17(20)13-4-9-16(19)12(2)11-13/h4-9,11,19H,3,10H2,1-2H3,(H,18,20). The van der Waals surface area contributed by atoms with Gasteiger partial charge in [0, 0.05) is 11.3 Å². The van der Waals surface area contributed by atoms with E-state index in [1.54, 1.807) is 31.2 Å². The molecule has 0 aromatic heterocycles. The maximum Gasteiger partial charge on any atom is 0.255 e. The molecule has 0 atom stereocenters. The number of carbonyl (C=O) groups is 1. The Morgan fingerprint density at radius 1 is 1.19 bits per heavy atom. The molecular weight excluding hydrogens is 266 g/mol. The summed E-state index contributed by atoms with van der Waals surface area (Å²) in [6, 6.07) is 12.0. The van der Waals surface area contributed by atoms with Crippen molar-refractivity contribution in [2.45, 2.75) is 20.3 Å². The number of aryl methyl sites for hydroxylation is 1. The first-order valence-corrected chi connectivity index (χ1v) is 6.94. The van der Waals surface area contributed by atoms with Crippen molar-refractivity contribution in [1.29, 1.82) is 0 Å². The SMILES string of the molecule is CCCOc1ccc(NC(=O)c2ccc(O)c(C)c2)cc1. The second-order valence-corrected chi connectivity index (χ2v) is 4.83. The van der Waals surface area contributed by atoms with Gasteiger partial charge in [0.25, 0.3) is 5.91 Å². The van der Waals surface area contributed by atoms with Gasteiger partial charge < -0.3 is 15.2 Å². The summed E-state index contributed by atoms with van der Waals surface area (Å²) in [4.78, 5) is 12.1. The second kappa shape index (κ2) is 6.79. The molecule has 0 aliphatic heterocycles. The van der Waals surface area contributed by atoms with Crippen molar-refractivity contribution in [3.63, 3.8) is 0 Å². The Hall–Kier alpha value is -2.49. The number of hydrogen-bond donors (Lipinski definition) is 2. The van der Waals surface area contributed by atoms with E-state index in [0.717, 1.165) is 12.2 Å². The van der Waals surface area contributed by atoms with Crippen LogP contribution < -0.4 is 10.1 Å². The van der Waals surface area contributed by atoms with E-state index >= 15 is 0 Å². The molecule has 0 saturated heterocycles. The third-order valence-electron chi connectivity index (χ3n) is 3.04. The normalized spacial score (nSPS) is 10.2. The lowest BCUT2D eigenvalue weighted by atomic mass is 10.1. The molecule has 0 aliphatic carbocycles. The predicted molar refractivity (Wildman–Crippen MR) is 83.0 cm³/mol. The first-order valence-electron chi connectivity index (χ1n) is 6.94. The molecule has 4 heteroatoms. The molecule has 0 aliphatic rings. The Morgan fingerprint density at radius 3 is 2.52 bits per heavy atom. The Kier molecular flexibility index (Phi) is 4.82. The smallest absolute Gasteiger partial charge is 0.255 e. The molecule has 4 nitrogen and oxygen atoms in total. The molecule has 110 valence electrons. The third kappa shape index (κ3) is 3.99. The summed E-state index contributed by atoms with van der Waals surface area (Å²) in [7, 11) is 0. The summed E-state index contributed by atoms with van der Waals surface area (Å²) in [5.74, 6) is 0.764. The fourth-order valence-corrected chi connectivity index (χ4v) is 1.85. The minimum absolute atomic E-state index is 0.184. The van der Waals surface area contributed by atoms with Gasteiger partial charge in [0.05, 0.1) is 6.61 Å². The molecule has 0 heterocycles. The zero-order valence-corrected chi connectivity index (χ0v) is 12.2. The molecule has 2 aromatic rings. The van der Waals surface area contributed by atoms with Crippen molar-refractivity contribution in [2.75, 3.05) is 11.9 Å². The number of amides is 1. The zero-order valence-electron chi connectivity index (χ0n) is 12.2.